The molecule has 0 bridgehead atoms. The van der Waals surface area contributed by atoms with Crippen molar-refractivity contribution in [3.05, 3.63) is 65.2 Å². The highest BCUT2D eigenvalue weighted by atomic mass is 16.1. The van der Waals surface area contributed by atoms with E-state index in [0.717, 1.165) is 16.8 Å². The molecule has 0 spiro atoms. The lowest BCUT2D eigenvalue weighted by atomic mass is 10.0. The molecule has 0 saturated heterocycles. The van der Waals surface area contributed by atoms with E-state index in [2.05, 4.69) is 11.4 Å². The molecule has 0 saturated carbocycles. The molecule has 0 heterocycles. The van der Waals surface area contributed by atoms with Gasteiger partial charge >= 0.3 is 0 Å². The molecule has 0 radical (unpaired) electrons. The van der Waals surface area contributed by atoms with Gasteiger partial charge in [0.05, 0.1) is 18.1 Å². The molecule has 1 unspecified atom stereocenters. The van der Waals surface area contributed by atoms with Crippen LogP contribution in [0.4, 0.5) is 5.69 Å². The maximum atomic E-state index is 11.1. The number of hydrogen-bond donors (Lipinski definition) is 2. The van der Waals surface area contributed by atoms with Gasteiger partial charge in [-0.15, -0.1) is 0 Å². The fourth-order valence-corrected chi connectivity index (χ4v) is 2.20. The number of anilines is 1. The molecule has 0 aliphatic rings. The van der Waals surface area contributed by atoms with Gasteiger partial charge in [-0.05, 0) is 36.2 Å². The lowest BCUT2D eigenvalue weighted by Gasteiger charge is -2.18. The van der Waals surface area contributed by atoms with Gasteiger partial charge in [0.15, 0.2) is 0 Å². The van der Waals surface area contributed by atoms with Gasteiger partial charge in [0.2, 0.25) is 5.91 Å². The molecule has 0 aliphatic carbocycles. The molecule has 4 heteroatoms. The Hall–Kier alpha value is -2.80. The van der Waals surface area contributed by atoms with Gasteiger partial charge in [0, 0.05) is 11.7 Å². The standard InChI is InChI=1S/C17H17N3O/c1-12(14-7-4-5-13(9-14)11-18)20-16-8-3-2-6-15(16)10-17(19)21/h2-9,12,20H,10H2,1H3,(H2,19,21). The Morgan fingerprint density at radius 3 is 2.76 bits per heavy atom. The molecule has 3 N–H and O–H groups in total. The second kappa shape index (κ2) is 6.58. The van der Waals surface area contributed by atoms with Crippen molar-refractivity contribution in [1.82, 2.24) is 0 Å². The molecular weight excluding hydrogens is 262 g/mol. The minimum Gasteiger partial charge on any atom is -0.378 e. The summed E-state index contributed by atoms with van der Waals surface area (Å²) in [5, 5.41) is 12.3. The number of primary amides is 1. The molecule has 1 amide bonds. The number of para-hydroxylation sites is 1. The lowest BCUT2D eigenvalue weighted by Crippen LogP contribution is -2.16. The second-order valence-electron chi connectivity index (χ2n) is 4.90. The number of nitrogens with two attached hydrogens (primary N) is 1. The van der Waals surface area contributed by atoms with Gasteiger partial charge < -0.3 is 11.1 Å². The van der Waals surface area contributed by atoms with Crippen LogP contribution in [0.25, 0.3) is 0 Å². The molecule has 2 rings (SSSR count). The monoisotopic (exact) mass is 279 g/mol. The number of carbonyl (C=O) groups excluding carboxylic acids is 1. The number of benzene rings is 2. The average Bonchev–Trinajstić information content (AvgIpc) is 2.48. The Kier molecular flexibility index (Phi) is 4.57. The zero-order valence-electron chi connectivity index (χ0n) is 11.8. The summed E-state index contributed by atoms with van der Waals surface area (Å²) in [6.07, 6.45) is 0.203. The maximum Gasteiger partial charge on any atom is 0.221 e. The van der Waals surface area contributed by atoms with Crippen molar-refractivity contribution in [1.29, 1.82) is 5.26 Å². The highest BCUT2D eigenvalue weighted by Gasteiger charge is 2.10. The van der Waals surface area contributed by atoms with Gasteiger partial charge in [0.1, 0.15) is 0 Å². The fourth-order valence-electron chi connectivity index (χ4n) is 2.20. The summed E-state index contributed by atoms with van der Waals surface area (Å²) in [6, 6.07) is 17.2. The molecule has 106 valence electrons. The molecule has 21 heavy (non-hydrogen) atoms. The summed E-state index contributed by atoms with van der Waals surface area (Å²) in [5.74, 6) is -0.358. The number of nitriles is 1. The summed E-state index contributed by atoms with van der Waals surface area (Å²) in [5.41, 5.74) is 8.67. The van der Waals surface area contributed by atoms with Crippen LogP contribution >= 0.6 is 0 Å². The van der Waals surface area contributed by atoms with Crippen LogP contribution in [0.15, 0.2) is 48.5 Å². The van der Waals surface area contributed by atoms with Crippen molar-refractivity contribution in [2.45, 2.75) is 19.4 Å². The van der Waals surface area contributed by atoms with Crippen LogP contribution in [0, 0.1) is 11.3 Å². The van der Waals surface area contributed by atoms with Crippen molar-refractivity contribution in [2.75, 3.05) is 5.32 Å². The van der Waals surface area contributed by atoms with Crippen LogP contribution in [0.2, 0.25) is 0 Å². The number of rotatable bonds is 5. The largest absolute Gasteiger partial charge is 0.378 e. The summed E-state index contributed by atoms with van der Waals surface area (Å²) in [4.78, 5) is 11.1. The first-order valence-electron chi connectivity index (χ1n) is 6.73. The normalized spacial score (nSPS) is 11.4. The van der Waals surface area contributed by atoms with Crippen molar-refractivity contribution in [2.24, 2.45) is 5.73 Å². The molecule has 1 atom stereocenters. The van der Waals surface area contributed by atoms with E-state index in [4.69, 9.17) is 11.0 Å². The highest BCUT2D eigenvalue weighted by molar-refractivity contribution is 5.78. The van der Waals surface area contributed by atoms with Crippen LogP contribution in [0.5, 0.6) is 0 Å². The number of nitrogens with zero attached hydrogens (tertiary/aromatic N) is 1. The third-order valence-electron chi connectivity index (χ3n) is 3.27. The van der Waals surface area contributed by atoms with Crippen LogP contribution < -0.4 is 11.1 Å². The topological polar surface area (TPSA) is 78.9 Å². The Labute approximate surface area is 124 Å². The van der Waals surface area contributed by atoms with Crippen molar-refractivity contribution >= 4 is 11.6 Å². The minimum atomic E-state index is -0.358. The first-order valence-corrected chi connectivity index (χ1v) is 6.73. The van der Waals surface area contributed by atoms with Gasteiger partial charge in [-0.1, -0.05) is 30.3 Å². The van der Waals surface area contributed by atoms with E-state index in [-0.39, 0.29) is 18.4 Å². The lowest BCUT2D eigenvalue weighted by molar-refractivity contribution is -0.117. The first kappa shape index (κ1) is 14.6. The van der Waals surface area contributed by atoms with E-state index in [1.54, 1.807) is 6.07 Å². The third-order valence-corrected chi connectivity index (χ3v) is 3.27. The van der Waals surface area contributed by atoms with Gasteiger partial charge in [0.25, 0.3) is 0 Å². The predicted octanol–water partition coefficient (Wildman–Crippen LogP) is 2.76. The van der Waals surface area contributed by atoms with Gasteiger partial charge in [-0.25, -0.2) is 0 Å². The Balaban J connectivity index is 2.21. The Bertz CT molecular complexity index is 688. The summed E-state index contributed by atoms with van der Waals surface area (Å²) < 4.78 is 0. The highest BCUT2D eigenvalue weighted by Crippen LogP contribution is 2.23. The number of nitrogens with one attached hydrogen (secondary N) is 1. The van der Waals surface area contributed by atoms with E-state index in [0.29, 0.717) is 5.56 Å². The number of hydrogen-bond acceptors (Lipinski definition) is 3. The fraction of sp³-hybridized carbons (Fsp3) is 0.176. The molecule has 0 fully saturated rings. The Morgan fingerprint density at radius 2 is 2.05 bits per heavy atom. The number of carbonyl (C=O) groups is 1. The van der Waals surface area contributed by atoms with Crippen LogP contribution in [0.3, 0.4) is 0 Å². The van der Waals surface area contributed by atoms with E-state index >= 15 is 0 Å². The third kappa shape index (κ3) is 3.83. The summed E-state index contributed by atoms with van der Waals surface area (Å²) >= 11 is 0. The quantitative estimate of drug-likeness (QED) is 0.883. The zero-order valence-corrected chi connectivity index (χ0v) is 11.8. The second-order valence-corrected chi connectivity index (χ2v) is 4.90. The molecule has 4 nitrogen and oxygen atoms in total. The van der Waals surface area contributed by atoms with E-state index in [1.165, 1.54) is 0 Å². The molecule has 2 aromatic carbocycles. The van der Waals surface area contributed by atoms with Crippen molar-refractivity contribution in [3.63, 3.8) is 0 Å². The SMILES string of the molecule is CC(Nc1ccccc1CC(N)=O)c1cccc(C#N)c1. The number of amides is 1. The maximum absolute atomic E-state index is 11.1. The van der Waals surface area contributed by atoms with E-state index in [9.17, 15) is 4.79 Å². The van der Waals surface area contributed by atoms with Crippen LogP contribution in [0.1, 0.15) is 29.7 Å². The minimum absolute atomic E-state index is 0.0207. The van der Waals surface area contributed by atoms with E-state index < -0.39 is 0 Å². The van der Waals surface area contributed by atoms with Crippen molar-refractivity contribution in [3.8, 4) is 6.07 Å². The molecule has 0 aromatic heterocycles. The van der Waals surface area contributed by atoms with Crippen molar-refractivity contribution < 1.29 is 4.79 Å². The average molecular weight is 279 g/mol. The molecular formula is C17H17N3O. The van der Waals surface area contributed by atoms with Gasteiger partial charge in [-0.3, -0.25) is 4.79 Å². The van der Waals surface area contributed by atoms with Crippen LogP contribution in [-0.4, -0.2) is 5.91 Å². The van der Waals surface area contributed by atoms with Crippen LogP contribution in [-0.2, 0) is 11.2 Å². The Morgan fingerprint density at radius 1 is 1.29 bits per heavy atom. The first-order chi connectivity index (χ1) is 10.1. The smallest absolute Gasteiger partial charge is 0.221 e. The molecule has 0 aliphatic heterocycles. The summed E-state index contributed by atoms with van der Waals surface area (Å²) in [6.45, 7) is 2.01. The predicted molar refractivity (Wildman–Crippen MR) is 82.5 cm³/mol. The van der Waals surface area contributed by atoms with Gasteiger partial charge in [-0.2, -0.15) is 5.26 Å². The van der Waals surface area contributed by atoms with E-state index in [1.807, 2.05) is 49.4 Å². The summed E-state index contributed by atoms with van der Waals surface area (Å²) in [7, 11) is 0. The molecule has 2 aromatic rings. The zero-order chi connectivity index (χ0) is 15.2.